The van der Waals surface area contributed by atoms with Gasteiger partial charge in [0, 0.05) is 13.5 Å². The van der Waals surface area contributed by atoms with Crippen LogP contribution in [0.5, 0.6) is 0 Å². The van der Waals surface area contributed by atoms with E-state index in [1.807, 2.05) is 6.92 Å². The summed E-state index contributed by atoms with van der Waals surface area (Å²) >= 11 is 0. The molecule has 0 spiro atoms. The van der Waals surface area contributed by atoms with E-state index in [2.05, 4.69) is 0 Å². The molecule has 0 heterocycles. The Morgan fingerprint density at radius 1 is 1.11 bits per heavy atom. The molecular weight excluding hydrogens is 365 g/mol. The molecule has 28 heavy (non-hydrogen) atoms. The molecule has 0 aliphatic carbocycles. The summed E-state index contributed by atoms with van der Waals surface area (Å²) < 4.78 is 29.4. The van der Waals surface area contributed by atoms with Gasteiger partial charge in [-0.25, -0.2) is 14.0 Å². The number of carbonyl (C=O) groups is 2. The van der Waals surface area contributed by atoms with Gasteiger partial charge in [-0.2, -0.15) is 0 Å². The Kier molecular flexibility index (Phi) is 8.88. The molecule has 0 unspecified atom stereocenters. The van der Waals surface area contributed by atoms with Gasteiger partial charge in [0.1, 0.15) is 23.7 Å². The third kappa shape index (κ3) is 7.11. The number of unbranched alkanes of at least 4 members (excludes halogenated alkanes) is 1. The average Bonchev–Trinajstić information content (AvgIpc) is 2.60. The first kappa shape index (κ1) is 23.9. The van der Waals surface area contributed by atoms with Crippen LogP contribution in [0.1, 0.15) is 53.0 Å². The molecule has 0 saturated heterocycles. The lowest BCUT2D eigenvalue weighted by atomic mass is 9.91. The van der Waals surface area contributed by atoms with Crippen molar-refractivity contribution in [2.45, 2.75) is 65.0 Å². The second-order valence-corrected chi connectivity index (χ2v) is 7.89. The molecule has 0 aromatic heterocycles. The third-order valence-electron chi connectivity index (χ3n) is 4.10. The molecule has 6 nitrogen and oxygen atoms in total. The normalized spacial score (nSPS) is 13.5. The van der Waals surface area contributed by atoms with Gasteiger partial charge >= 0.3 is 12.1 Å². The summed E-state index contributed by atoms with van der Waals surface area (Å²) in [6, 6.07) is 5.78. The molecule has 0 aliphatic rings. The van der Waals surface area contributed by atoms with Crippen molar-refractivity contribution in [1.82, 2.24) is 4.90 Å². The number of carbonyl (C=O) groups excluding carboxylic acids is 2. The molecule has 158 valence electrons. The summed E-state index contributed by atoms with van der Waals surface area (Å²) in [7, 11) is 1.43. The Bertz CT molecular complexity index is 641. The van der Waals surface area contributed by atoms with Gasteiger partial charge in [-0.05, 0) is 51.8 Å². The first-order chi connectivity index (χ1) is 13.0. The summed E-state index contributed by atoms with van der Waals surface area (Å²) in [5.41, 5.74) is -1.45. The fourth-order valence-corrected chi connectivity index (χ4v) is 2.58. The molecule has 1 aromatic rings. The van der Waals surface area contributed by atoms with Crippen LogP contribution in [0.4, 0.5) is 9.18 Å². The first-order valence-electron chi connectivity index (χ1n) is 9.44. The molecule has 1 aromatic carbocycles. The van der Waals surface area contributed by atoms with E-state index in [0.29, 0.717) is 5.56 Å². The first-order valence-corrected chi connectivity index (χ1v) is 9.44. The largest absolute Gasteiger partial charge is 0.464 e. The van der Waals surface area contributed by atoms with Crippen LogP contribution < -0.4 is 0 Å². The van der Waals surface area contributed by atoms with Crippen molar-refractivity contribution in [1.29, 1.82) is 0 Å². The van der Waals surface area contributed by atoms with Crippen LogP contribution in [-0.4, -0.2) is 48.5 Å². The zero-order valence-corrected chi connectivity index (χ0v) is 17.7. The summed E-state index contributed by atoms with van der Waals surface area (Å²) in [4.78, 5) is 27.0. The van der Waals surface area contributed by atoms with Crippen LogP contribution in [-0.2, 0) is 25.4 Å². The average molecular weight is 397 g/mol. The highest BCUT2D eigenvalue weighted by atomic mass is 19.1. The molecule has 0 fully saturated rings. The van der Waals surface area contributed by atoms with Crippen molar-refractivity contribution in [2.75, 3.05) is 20.4 Å². The number of rotatable bonds is 9. The molecule has 7 heteroatoms. The third-order valence-corrected chi connectivity index (χ3v) is 4.10. The van der Waals surface area contributed by atoms with E-state index in [-0.39, 0.29) is 25.6 Å². The smallest absolute Gasteiger partial charge is 0.413 e. The maximum Gasteiger partial charge on any atom is 0.413 e. The van der Waals surface area contributed by atoms with Crippen molar-refractivity contribution < 1.29 is 28.2 Å². The Balaban J connectivity index is 3.24. The fraction of sp³-hybridized carbons (Fsp3) is 0.619. The minimum absolute atomic E-state index is 0.126. The fourth-order valence-electron chi connectivity index (χ4n) is 2.58. The minimum atomic E-state index is -1.39. The van der Waals surface area contributed by atoms with Gasteiger partial charge in [0.25, 0.3) is 0 Å². The molecule has 0 radical (unpaired) electrons. The summed E-state index contributed by atoms with van der Waals surface area (Å²) in [5.74, 6) is -0.940. The van der Waals surface area contributed by atoms with E-state index >= 15 is 0 Å². The van der Waals surface area contributed by atoms with Crippen LogP contribution in [0.3, 0.4) is 0 Å². The Morgan fingerprint density at radius 3 is 2.21 bits per heavy atom. The number of benzene rings is 1. The minimum Gasteiger partial charge on any atom is -0.464 e. The second kappa shape index (κ2) is 10.4. The predicted molar refractivity (Wildman–Crippen MR) is 104 cm³/mol. The number of halogens is 1. The Labute approximate surface area is 166 Å². The number of nitrogens with zero attached hydrogens (tertiary/aromatic N) is 1. The van der Waals surface area contributed by atoms with Gasteiger partial charge in [-0.3, -0.25) is 4.90 Å². The summed E-state index contributed by atoms with van der Waals surface area (Å²) in [6.45, 7) is 8.92. The molecule has 1 amide bonds. The quantitative estimate of drug-likeness (QED) is 0.353. The van der Waals surface area contributed by atoms with Crippen LogP contribution >= 0.6 is 0 Å². The van der Waals surface area contributed by atoms with Gasteiger partial charge in [0.05, 0.1) is 6.61 Å². The van der Waals surface area contributed by atoms with Gasteiger partial charge in [-0.1, -0.05) is 25.5 Å². The molecule has 1 atom stereocenters. The van der Waals surface area contributed by atoms with Gasteiger partial charge in [0.15, 0.2) is 0 Å². The lowest BCUT2D eigenvalue weighted by Gasteiger charge is -2.39. The maximum atomic E-state index is 13.3. The monoisotopic (exact) mass is 397 g/mol. The van der Waals surface area contributed by atoms with Crippen molar-refractivity contribution >= 4 is 12.1 Å². The zero-order valence-electron chi connectivity index (χ0n) is 17.7. The van der Waals surface area contributed by atoms with Gasteiger partial charge in [0.2, 0.25) is 0 Å². The van der Waals surface area contributed by atoms with Crippen molar-refractivity contribution in [3.63, 3.8) is 0 Å². The van der Waals surface area contributed by atoms with E-state index in [1.165, 1.54) is 24.1 Å². The molecule has 1 rings (SSSR count). The van der Waals surface area contributed by atoms with E-state index in [4.69, 9.17) is 14.2 Å². The van der Waals surface area contributed by atoms with E-state index in [1.54, 1.807) is 39.8 Å². The van der Waals surface area contributed by atoms with Crippen molar-refractivity contribution in [2.24, 2.45) is 0 Å². The second-order valence-electron chi connectivity index (χ2n) is 7.89. The number of amides is 1. The Morgan fingerprint density at radius 2 is 1.71 bits per heavy atom. The summed E-state index contributed by atoms with van der Waals surface area (Å²) in [6.07, 6.45) is 1.03. The van der Waals surface area contributed by atoms with Crippen molar-refractivity contribution in [3.05, 3.63) is 35.6 Å². The molecule has 0 N–H and O–H groups in total. The maximum absolute atomic E-state index is 13.3. The van der Waals surface area contributed by atoms with E-state index < -0.39 is 23.2 Å². The topological polar surface area (TPSA) is 65.1 Å². The molecule has 0 saturated carbocycles. The zero-order chi connectivity index (χ0) is 21.4. The van der Waals surface area contributed by atoms with Crippen LogP contribution in [0.2, 0.25) is 0 Å². The highest BCUT2D eigenvalue weighted by Crippen LogP contribution is 2.26. The predicted octanol–water partition coefficient (Wildman–Crippen LogP) is 4.31. The van der Waals surface area contributed by atoms with Crippen LogP contribution in [0.25, 0.3) is 0 Å². The van der Waals surface area contributed by atoms with Crippen molar-refractivity contribution in [3.8, 4) is 0 Å². The highest BCUT2D eigenvalue weighted by Gasteiger charge is 2.45. The van der Waals surface area contributed by atoms with E-state index in [9.17, 15) is 14.0 Å². The van der Waals surface area contributed by atoms with Gasteiger partial charge < -0.3 is 14.2 Å². The number of hydrogen-bond donors (Lipinski definition) is 0. The lowest BCUT2D eigenvalue weighted by Crippen LogP contribution is -2.58. The SMILES string of the molecule is CCCCOC(=O)[C@](C)(Cc1ccc(F)cc1)N(COC)C(=O)OC(C)(C)C. The number of methoxy groups -OCH3 is 1. The lowest BCUT2D eigenvalue weighted by molar-refractivity contribution is -0.160. The molecule has 0 bridgehead atoms. The molecular formula is C21H32FNO5. The van der Waals surface area contributed by atoms with Gasteiger partial charge in [-0.15, -0.1) is 0 Å². The Hall–Kier alpha value is -2.15. The number of esters is 1. The number of hydrogen-bond acceptors (Lipinski definition) is 5. The van der Waals surface area contributed by atoms with Crippen LogP contribution in [0, 0.1) is 5.82 Å². The summed E-state index contributed by atoms with van der Waals surface area (Å²) in [5, 5.41) is 0. The molecule has 0 aliphatic heterocycles. The highest BCUT2D eigenvalue weighted by molar-refractivity contribution is 5.86. The standard InChI is InChI=1S/C21H32FNO5/c1-7-8-13-27-18(24)21(5,14-16-9-11-17(22)12-10-16)23(15-26-6)19(25)28-20(2,3)4/h9-12H,7-8,13-15H2,1-6H3/t21-/m0/s1. The number of ether oxygens (including phenoxy) is 3. The van der Waals surface area contributed by atoms with E-state index in [0.717, 1.165) is 12.8 Å². The van der Waals surface area contributed by atoms with Crippen LogP contribution in [0.15, 0.2) is 24.3 Å².